The number of benzene rings is 3. The van der Waals surface area contributed by atoms with E-state index in [-0.39, 0.29) is 12.2 Å². The van der Waals surface area contributed by atoms with E-state index in [1.165, 1.54) is 0 Å². The van der Waals surface area contributed by atoms with Crippen LogP contribution in [0.1, 0.15) is 47.8 Å². The van der Waals surface area contributed by atoms with Gasteiger partial charge in [0.2, 0.25) is 0 Å². The quantitative estimate of drug-likeness (QED) is 0.198. The van der Waals surface area contributed by atoms with Gasteiger partial charge in [0.15, 0.2) is 17.2 Å². The number of alkyl halides is 3. The van der Waals surface area contributed by atoms with Crippen molar-refractivity contribution in [1.82, 2.24) is 14.5 Å². The fourth-order valence-corrected chi connectivity index (χ4v) is 5.66. The molecule has 0 N–H and O–H groups in total. The first kappa shape index (κ1) is 28.2. The van der Waals surface area contributed by atoms with Crippen molar-refractivity contribution in [3.63, 3.8) is 0 Å². The van der Waals surface area contributed by atoms with E-state index in [4.69, 9.17) is 14.2 Å². The molecule has 0 saturated carbocycles. The molecular formula is C33H34F3N3O3. The van der Waals surface area contributed by atoms with Crippen LogP contribution in [0.25, 0.3) is 11.4 Å². The Morgan fingerprint density at radius 1 is 0.810 bits per heavy atom. The molecule has 0 radical (unpaired) electrons. The zero-order valence-electron chi connectivity index (χ0n) is 23.6. The van der Waals surface area contributed by atoms with Crippen LogP contribution in [0, 0.1) is 0 Å². The number of imidazole rings is 1. The third kappa shape index (κ3) is 6.11. The first-order valence-electron chi connectivity index (χ1n) is 14.5. The molecule has 3 heterocycles. The van der Waals surface area contributed by atoms with Crippen molar-refractivity contribution in [2.45, 2.75) is 58.5 Å². The number of nitrogens with zero attached hydrogens (tertiary/aromatic N) is 3. The second-order valence-electron chi connectivity index (χ2n) is 10.8. The maximum absolute atomic E-state index is 14.6. The summed E-state index contributed by atoms with van der Waals surface area (Å²) in [6.07, 6.45) is -2.17. The van der Waals surface area contributed by atoms with E-state index in [0.717, 1.165) is 41.7 Å². The molecule has 1 aromatic heterocycles. The van der Waals surface area contributed by atoms with Gasteiger partial charge in [0.05, 0.1) is 12.3 Å². The highest BCUT2D eigenvalue weighted by atomic mass is 19.4. The molecule has 9 heteroatoms. The van der Waals surface area contributed by atoms with Crippen LogP contribution in [0.3, 0.4) is 0 Å². The van der Waals surface area contributed by atoms with Crippen molar-refractivity contribution in [3.8, 4) is 28.6 Å². The minimum Gasteiger partial charge on any atom is -0.493 e. The van der Waals surface area contributed by atoms with Gasteiger partial charge in [-0.05, 0) is 41.3 Å². The Hall–Kier alpha value is -3.98. The number of fused-ring (bicyclic) bond motifs is 2. The molecule has 0 fully saturated rings. The van der Waals surface area contributed by atoms with Gasteiger partial charge in [0.1, 0.15) is 24.8 Å². The van der Waals surface area contributed by atoms with Crippen molar-refractivity contribution in [2.75, 3.05) is 19.8 Å². The molecule has 6 rings (SSSR count). The molecule has 6 nitrogen and oxygen atoms in total. The van der Waals surface area contributed by atoms with Crippen molar-refractivity contribution in [3.05, 3.63) is 94.8 Å². The van der Waals surface area contributed by atoms with Gasteiger partial charge in [-0.3, -0.25) is 4.90 Å². The van der Waals surface area contributed by atoms with Gasteiger partial charge >= 0.3 is 6.18 Å². The molecule has 0 unspecified atom stereocenters. The summed E-state index contributed by atoms with van der Waals surface area (Å²) in [4.78, 5) is 6.28. The third-order valence-electron chi connectivity index (χ3n) is 7.65. The lowest BCUT2D eigenvalue weighted by molar-refractivity contribution is -0.141. The Kier molecular flexibility index (Phi) is 8.11. The van der Waals surface area contributed by atoms with E-state index in [2.05, 4.69) is 11.1 Å². The summed E-state index contributed by atoms with van der Waals surface area (Å²) in [5, 5.41) is 0. The molecule has 42 heavy (non-hydrogen) atoms. The standard InChI is InChI=1S/C33H34F3N3O3/c1-2-3-14-39-27(31(33(34,35)36)37-32(39)25-7-5-4-6-8-25)22-38(20-23-9-11-28-26(18-23)13-15-40-28)21-24-10-12-29-30(19-24)42-17-16-41-29/h4-12,18-19H,2-3,13-17,20-22H2,1H3. The highest BCUT2D eigenvalue weighted by molar-refractivity contribution is 5.57. The van der Waals surface area contributed by atoms with Gasteiger partial charge in [0, 0.05) is 38.2 Å². The number of unbranched alkanes of at least 4 members (excludes halogenated alkanes) is 1. The normalized spacial score (nSPS) is 14.2. The van der Waals surface area contributed by atoms with Crippen molar-refractivity contribution in [2.24, 2.45) is 0 Å². The third-order valence-corrected chi connectivity index (χ3v) is 7.65. The highest BCUT2D eigenvalue weighted by Gasteiger charge is 2.39. The van der Waals surface area contributed by atoms with Crippen LogP contribution in [0.2, 0.25) is 0 Å². The fourth-order valence-electron chi connectivity index (χ4n) is 5.66. The molecular weight excluding hydrogens is 543 g/mol. The summed E-state index contributed by atoms with van der Waals surface area (Å²) in [6, 6.07) is 20.9. The lowest BCUT2D eigenvalue weighted by atomic mass is 10.1. The molecule has 2 aliphatic heterocycles. The van der Waals surface area contributed by atoms with Crippen LogP contribution in [0.4, 0.5) is 13.2 Å². The maximum atomic E-state index is 14.6. The lowest BCUT2D eigenvalue weighted by Crippen LogP contribution is -2.26. The number of rotatable bonds is 10. The van der Waals surface area contributed by atoms with Gasteiger partial charge in [-0.1, -0.05) is 61.9 Å². The molecule has 4 aromatic rings. The topological polar surface area (TPSA) is 48.8 Å². The Morgan fingerprint density at radius 2 is 1.50 bits per heavy atom. The van der Waals surface area contributed by atoms with Crippen molar-refractivity contribution >= 4 is 0 Å². The second kappa shape index (κ2) is 12.1. The minimum atomic E-state index is -4.59. The molecule has 0 atom stereocenters. The predicted molar refractivity (Wildman–Crippen MR) is 154 cm³/mol. The number of hydrogen-bond acceptors (Lipinski definition) is 5. The van der Waals surface area contributed by atoms with E-state index < -0.39 is 11.9 Å². The molecule has 0 saturated heterocycles. The summed E-state index contributed by atoms with van der Waals surface area (Å²) in [6.45, 7) is 5.04. The van der Waals surface area contributed by atoms with E-state index in [1.54, 1.807) is 4.57 Å². The maximum Gasteiger partial charge on any atom is 0.435 e. The summed E-state index contributed by atoms with van der Waals surface area (Å²) >= 11 is 0. The minimum absolute atomic E-state index is 0.0699. The molecule has 220 valence electrons. The largest absolute Gasteiger partial charge is 0.493 e. The first-order valence-corrected chi connectivity index (χ1v) is 14.5. The second-order valence-corrected chi connectivity index (χ2v) is 10.8. The van der Waals surface area contributed by atoms with Crippen LogP contribution in [0.5, 0.6) is 17.2 Å². The van der Waals surface area contributed by atoms with E-state index in [9.17, 15) is 13.2 Å². The summed E-state index contributed by atoms with van der Waals surface area (Å²) < 4.78 is 62.7. The van der Waals surface area contributed by atoms with Crippen molar-refractivity contribution in [1.29, 1.82) is 0 Å². The van der Waals surface area contributed by atoms with E-state index in [0.29, 0.717) is 62.3 Å². The molecule has 2 aliphatic rings. The molecule has 0 aliphatic carbocycles. The van der Waals surface area contributed by atoms with Crippen LogP contribution in [0.15, 0.2) is 66.7 Å². The van der Waals surface area contributed by atoms with Gasteiger partial charge < -0.3 is 18.8 Å². The lowest BCUT2D eigenvalue weighted by Gasteiger charge is -2.26. The van der Waals surface area contributed by atoms with E-state index in [1.807, 2.05) is 72.5 Å². The van der Waals surface area contributed by atoms with E-state index >= 15 is 0 Å². The zero-order valence-corrected chi connectivity index (χ0v) is 23.6. The van der Waals surface area contributed by atoms with Gasteiger partial charge in [0.25, 0.3) is 0 Å². The smallest absolute Gasteiger partial charge is 0.435 e. The molecule has 0 spiro atoms. The highest BCUT2D eigenvalue weighted by Crippen LogP contribution is 2.37. The Bertz CT molecular complexity index is 1540. The average Bonchev–Trinajstić information content (AvgIpc) is 3.61. The first-order chi connectivity index (χ1) is 20.4. The van der Waals surface area contributed by atoms with Crippen LogP contribution in [-0.4, -0.2) is 34.3 Å². The fraction of sp³-hybridized carbons (Fsp3) is 0.364. The number of hydrogen-bond donors (Lipinski definition) is 0. The summed E-state index contributed by atoms with van der Waals surface area (Å²) in [5.41, 5.74) is 3.10. The molecule has 0 bridgehead atoms. The predicted octanol–water partition coefficient (Wildman–Crippen LogP) is 7.28. The molecule has 0 amide bonds. The molecule has 3 aromatic carbocycles. The number of halogens is 3. The number of aromatic nitrogens is 2. The van der Waals surface area contributed by atoms with Crippen LogP contribution >= 0.6 is 0 Å². The Morgan fingerprint density at radius 3 is 2.24 bits per heavy atom. The van der Waals surface area contributed by atoms with Gasteiger partial charge in [-0.2, -0.15) is 13.2 Å². The Labute approximate surface area is 243 Å². The van der Waals surface area contributed by atoms with Crippen LogP contribution in [-0.2, 0) is 38.8 Å². The SMILES string of the molecule is CCCCn1c(-c2ccccc2)nc(C(F)(F)F)c1CN(Cc1ccc2c(c1)CCO2)Cc1ccc2c(c1)OCCO2. The monoisotopic (exact) mass is 577 g/mol. The van der Waals surface area contributed by atoms with Crippen LogP contribution < -0.4 is 14.2 Å². The van der Waals surface area contributed by atoms with Crippen molar-refractivity contribution < 1.29 is 27.4 Å². The average molecular weight is 578 g/mol. The Balaban J connectivity index is 1.40. The van der Waals surface area contributed by atoms with Gasteiger partial charge in [-0.15, -0.1) is 0 Å². The zero-order chi connectivity index (χ0) is 29.1. The van der Waals surface area contributed by atoms with Gasteiger partial charge in [-0.25, -0.2) is 4.98 Å². The summed E-state index contributed by atoms with van der Waals surface area (Å²) in [7, 11) is 0. The summed E-state index contributed by atoms with van der Waals surface area (Å²) in [5.74, 6) is 2.56. The number of ether oxygens (including phenoxy) is 3.